The third-order valence-corrected chi connectivity index (χ3v) is 3.54. The Labute approximate surface area is 118 Å². The molecular formula is C15H19FN2O2. The van der Waals surface area contributed by atoms with Gasteiger partial charge in [-0.05, 0) is 31.9 Å². The normalized spacial score (nSPS) is 16.1. The minimum absolute atomic E-state index is 0.0560. The SMILES string of the molecule is CC(=O)NC1CCN(C(=O)c2cc(C)ccc2F)CC1. The summed E-state index contributed by atoms with van der Waals surface area (Å²) in [5.74, 6) is -0.809. The van der Waals surface area contributed by atoms with Crippen LogP contribution in [0.15, 0.2) is 18.2 Å². The van der Waals surface area contributed by atoms with E-state index in [0.717, 1.165) is 5.56 Å². The van der Waals surface area contributed by atoms with Gasteiger partial charge in [0.1, 0.15) is 5.82 Å². The van der Waals surface area contributed by atoms with Crippen molar-refractivity contribution in [3.8, 4) is 0 Å². The highest BCUT2D eigenvalue weighted by Crippen LogP contribution is 2.17. The number of halogens is 1. The molecule has 0 aliphatic carbocycles. The Morgan fingerprint density at radius 1 is 1.30 bits per heavy atom. The number of carbonyl (C=O) groups excluding carboxylic acids is 2. The van der Waals surface area contributed by atoms with Crippen LogP contribution in [0.4, 0.5) is 4.39 Å². The van der Waals surface area contributed by atoms with Gasteiger partial charge in [0.15, 0.2) is 0 Å². The van der Waals surface area contributed by atoms with E-state index in [0.29, 0.717) is 25.9 Å². The lowest BCUT2D eigenvalue weighted by Crippen LogP contribution is -2.46. The molecule has 1 saturated heterocycles. The van der Waals surface area contributed by atoms with E-state index in [2.05, 4.69) is 5.32 Å². The van der Waals surface area contributed by atoms with Crippen molar-refractivity contribution in [2.75, 3.05) is 13.1 Å². The van der Waals surface area contributed by atoms with Crippen LogP contribution in [0, 0.1) is 12.7 Å². The second-order valence-corrected chi connectivity index (χ2v) is 5.25. The van der Waals surface area contributed by atoms with E-state index in [-0.39, 0.29) is 23.4 Å². The molecule has 1 heterocycles. The quantitative estimate of drug-likeness (QED) is 0.898. The highest BCUT2D eigenvalue weighted by molar-refractivity contribution is 5.94. The molecule has 108 valence electrons. The van der Waals surface area contributed by atoms with Crippen LogP contribution in [0.5, 0.6) is 0 Å². The number of hydrogen-bond acceptors (Lipinski definition) is 2. The maximum atomic E-state index is 13.7. The van der Waals surface area contributed by atoms with Crippen molar-refractivity contribution in [3.05, 3.63) is 35.1 Å². The Bertz CT molecular complexity index is 523. The number of nitrogens with one attached hydrogen (secondary N) is 1. The van der Waals surface area contributed by atoms with Crippen LogP contribution in [-0.2, 0) is 4.79 Å². The van der Waals surface area contributed by atoms with Crippen LogP contribution < -0.4 is 5.32 Å². The number of hydrogen-bond donors (Lipinski definition) is 1. The van der Waals surface area contributed by atoms with Crippen molar-refractivity contribution in [2.45, 2.75) is 32.7 Å². The van der Waals surface area contributed by atoms with Gasteiger partial charge in [0.05, 0.1) is 5.56 Å². The zero-order chi connectivity index (χ0) is 14.7. The number of nitrogens with zero attached hydrogens (tertiary/aromatic N) is 1. The molecule has 1 aliphatic rings. The van der Waals surface area contributed by atoms with Gasteiger partial charge in [-0.3, -0.25) is 9.59 Å². The predicted octanol–water partition coefficient (Wildman–Crippen LogP) is 1.87. The second kappa shape index (κ2) is 6.03. The van der Waals surface area contributed by atoms with Crippen molar-refractivity contribution in [1.82, 2.24) is 10.2 Å². The summed E-state index contributed by atoms with van der Waals surface area (Å²) < 4.78 is 13.7. The smallest absolute Gasteiger partial charge is 0.256 e. The van der Waals surface area contributed by atoms with E-state index < -0.39 is 5.82 Å². The lowest BCUT2D eigenvalue weighted by Gasteiger charge is -2.32. The van der Waals surface area contributed by atoms with Crippen LogP contribution in [0.2, 0.25) is 0 Å². The predicted molar refractivity (Wildman–Crippen MR) is 73.9 cm³/mol. The van der Waals surface area contributed by atoms with E-state index in [1.807, 2.05) is 6.92 Å². The molecule has 0 spiro atoms. The van der Waals surface area contributed by atoms with Crippen LogP contribution in [0.25, 0.3) is 0 Å². The first-order valence-electron chi connectivity index (χ1n) is 6.80. The van der Waals surface area contributed by atoms with Crippen molar-refractivity contribution in [3.63, 3.8) is 0 Å². The molecule has 1 N–H and O–H groups in total. The molecule has 1 aromatic carbocycles. The fraction of sp³-hybridized carbons (Fsp3) is 0.467. The fourth-order valence-corrected chi connectivity index (χ4v) is 2.49. The highest BCUT2D eigenvalue weighted by atomic mass is 19.1. The largest absolute Gasteiger partial charge is 0.353 e. The topological polar surface area (TPSA) is 49.4 Å². The van der Waals surface area contributed by atoms with Gasteiger partial charge in [0, 0.05) is 26.1 Å². The highest BCUT2D eigenvalue weighted by Gasteiger charge is 2.25. The van der Waals surface area contributed by atoms with Crippen LogP contribution >= 0.6 is 0 Å². The molecule has 0 radical (unpaired) electrons. The van der Waals surface area contributed by atoms with Crippen molar-refractivity contribution < 1.29 is 14.0 Å². The first-order valence-corrected chi connectivity index (χ1v) is 6.80. The summed E-state index contributed by atoms with van der Waals surface area (Å²) in [6, 6.07) is 4.66. The third kappa shape index (κ3) is 3.35. The van der Waals surface area contributed by atoms with E-state index in [4.69, 9.17) is 0 Å². The summed E-state index contributed by atoms with van der Waals surface area (Å²) in [6.07, 6.45) is 1.41. The van der Waals surface area contributed by atoms with Gasteiger partial charge < -0.3 is 10.2 Å². The average molecular weight is 278 g/mol. The summed E-state index contributed by atoms with van der Waals surface area (Å²) in [6.45, 7) is 4.40. The molecule has 1 aromatic rings. The molecule has 0 saturated carbocycles. The zero-order valence-electron chi connectivity index (χ0n) is 11.8. The van der Waals surface area contributed by atoms with Crippen LogP contribution in [0.3, 0.4) is 0 Å². The molecule has 4 nitrogen and oxygen atoms in total. The molecule has 2 rings (SSSR count). The standard InChI is InChI=1S/C15H19FN2O2/c1-10-3-4-14(16)13(9-10)15(20)18-7-5-12(6-8-18)17-11(2)19/h3-4,9,12H,5-8H2,1-2H3,(H,17,19). The van der Waals surface area contributed by atoms with E-state index in [9.17, 15) is 14.0 Å². The van der Waals surface area contributed by atoms with E-state index in [1.165, 1.54) is 13.0 Å². The number of likely N-dealkylation sites (tertiary alicyclic amines) is 1. The fourth-order valence-electron chi connectivity index (χ4n) is 2.49. The summed E-state index contributed by atoms with van der Waals surface area (Å²) in [4.78, 5) is 24.9. The van der Waals surface area contributed by atoms with Crippen molar-refractivity contribution >= 4 is 11.8 Å². The molecule has 1 aliphatic heterocycles. The molecule has 0 unspecified atom stereocenters. The maximum absolute atomic E-state index is 13.7. The first kappa shape index (κ1) is 14.5. The molecule has 0 atom stereocenters. The van der Waals surface area contributed by atoms with Crippen molar-refractivity contribution in [2.24, 2.45) is 0 Å². The summed E-state index contributed by atoms with van der Waals surface area (Å²) >= 11 is 0. The number of piperidine rings is 1. The number of benzene rings is 1. The van der Waals surface area contributed by atoms with Gasteiger partial charge in [0.2, 0.25) is 5.91 Å². The van der Waals surface area contributed by atoms with Gasteiger partial charge in [-0.2, -0.15) is 0 Å². The minimum atomic E-state index is -0.482. The van der Waals surface area contributed by atoms with Gasteiger partial charge in [-0.1, -0.05) is 11.6 Å². The van der Waals surface area contributed by atoms with E-state index >= 15 is 0 Å². The average Bonchev–Trinajstić information content (AvgIpc) is 2.41. The molecule has 2 amide bonds. The molecule has 0 bridgehead atoms. The van der Waals surface area contributed by atoms with Crippen LogP contribution in [0.1, 0.15) is 35.7 Å². The number of rotatable bonds is 2. The molecule has 20 heavy (non-hydrogen) atoms. The van der Waals surface area contributed by atoms with Crippen LogP contribution in [-0.4, -0.2) is 35.8 Å². The number of aryl methyl sites for hydroxylation is 1. The lowest BCUT2D eigenvalue weighted by molar-refractivity contribution is -0.119. The Hall–Kier alpha value is -1.91. The zero-order valence-corrected chi connectivity index (χ0v) is 11.8. The van der Waals surface area contributed by atoms with Gasteiger partial charge in [-0.15, -0.1) is 0 Å². The van der Waals surface area contributed by atoms with Gasteiger partial charge in [-0.25, -0.2) is 4.39 Å². The Morgan fingerprint density at radius 2 is 1.95 bits per heavy atom. The third-order valence-electron chi connectivity index (χ3n) is 3.54. The molecule has 1 fully saturated rings. The summed E-state index contributed by atoms with van der Waals surface area (Å²) in [5, 5.41) is 2.85. The molecular weight excluding hydrogens is 259 g/mol. The minimum Gasteiger partial charge on any atom is -0.353 e. The summed E-state index contributed by atoms with van der Waals surface area (Å²) in [5.41, 5.74) is 0.992. The number of carbonyl (C=O) groups is 2. The summed E-state index contributed by atoms with van der Waals surface area (Å²) in [7, 11) is 0. The second-order valence-electron chi connectivity index (χ2n) is 5.25. The van der Waals surface area contributed by atoms with Gasteiger partial charge in [0.25, 0.3) is 5.91 Å². The Kier molecular flexibility index (Phi) is 4.37. The van der Waals surface area contributed by atoms with E-state index in [1.54, 1.807) is 17.0 Å². The first-order chi connectivity index (χ1) is 9.47. The molecule has 0 aromatic heterocycles. The number of amides is 2. The van der Waals surface area contributed by atoms with Crippen molar-refractivity contribution in [1.29, 1.82) is 0 Å². The Morgan fingerprint density at radius 3 is 2.55 bits per heavy atom. The molecule has 5 heteroatoms. The monoisotopic (exact) mass is 278 g/mol. The lowest BCUT2D eigenvalue weighted by atomic mass is 10.0. The van der Waals surface area contributed by atoms with Gasteiger partial charge >= 0.3 is 0 Å². The maximum Gasteiger partial charge on any atom is 0.256 e. The Balaban J connectivity index is 2.01.